The van der Waals surface area contributed by atoms with E-state index in [1.165, 1.54) is 0 Å². The van der Waals surface area contributed by atoms with Crippen LogP contribution >= 0.6 is 0 Å². The molecule has 0 spiro atoms. The summed E-state index contributed by atoms with van der Waals surface area (Å²) in [5.41, 5.74) is 0.103. The minimum absolute atomic E-state index is 0.243. The van der Waals surface area contributed by atoms with Crippen LogP contribution in [0.4, 0.5) is 5.95 Å². The summed E-state index contributed by atoms with van der Waals surface area (Å²) in [5, 5.41) is 11.1. The van der Waals surface area contributed by atoms with E-state index in [0.717, 1.165) is 45.8 Å². The second-order valence-electron chi connectivity index (χ2n) is 5.44. The molecule has 2 aromatic rings. The Labute approximate surface area is 133 Å². The summed E-state index contributed by atoms with van der Waals surface area (Å²) in [6, 6.07) is 3.58. The van der Waals surface area contributed by atoms with E-state index in [-0.39, 0.29) is 5.56 Å². The Balaban J connectivity index is 1.45. The molecule has 23 heavy (non-hydrogen) atoms. The lowest BCUT2D eigenvalue weighted by Crippen LogP contribution is -2.37. The molecule has 0 saturated carbocycles. The zero-order chi connectivity index (χ0) is 15.9. The molecule has 1 aliphatic heterocycles. The van der Waals surface area contributed by atoms with Crippen LogP contribution in [-0.2, 0) is 11.2 Å². The van der Waals surface area contributed by atoms with E-state index in [1.54, 1.807) is 18.4 Å². The van der Waals surface area contributed by atoms with Gasteiger partial charge in [-0.2, -0.15) is 0 Å². The third-order valence-electron chi connectivity index (χ3n) is 3.73. The number of ether oxygens (including phenoxy) is 1. The quantitative estimate of drug-likeness (QED) is 0.717. The number of hydrogen-bond acceptors (Lipinski definition) is 7. The van der Waals surface area contributed by atoms with Gasteiger partial charge < -0.3 is 14.5 Å². The fourth-order valence-corrected chi connectivity index (χ4v) is 2.47. The molecule has 8 heteroatoms. The number of hydrogen-bond donors (Lipinski definition) is 2. The molecule has 0 amide bonds. The smallest absolute Gasteiger partial charge is 0.274 e. The molecule has 1 aliphatic rings. The molecule has 0 aliphatic carbocycles. The molecule has 0 unspecified atom stereocenters. The Bertz CT molecular complexity index is 649. The van der Waals surface area contributed by atoms with E-state index in [0.29, 0.717) is 23.8 Å². The van der Waals surface area contributed by atoms with E-state index >= 15 is 0 Å². The van der Waals surface area contributed by atoms with Gasteiger partial charge in [-0.15, -0.1) is 10.2 Å². The van der Waals surface area contributed by atoms with E-state index in [1.807, 2.05) is 0 Å². The molecular weight excluding hydrogens is 298 g/mol. The van der Waals surface area contributed by atoms with Gasteiger partial charge >= 0.3 is 0 Å². The van der Waals surface area contributed by atoms with Crippen molar-refractivity contribution in [3.8, 4) is 0 Å². The summed E-state index contributed by atoms with van der Waals surface area (Å²) < 4.78 is 10.5. The van der Waals surface area contributed by atoms with Gasteiger partial charge in [-0.1, -0.05) is 0 Å². The highest BCUT2D eigenvalue weighted by molar-refractivity contribution is 5.22. The summed E-state index contributed by atoms with van der Waals surface area (Å²) in [7, 11) is 0. The van der Waals surface area contributed by atoms with Crippen molar-refractivity contribution in [1.29, 1.82) is 0 Å². The molecule has 8 nitrogen and oxygen atoms in total. The average Bonchev–Trinajstić information content (AvgIpc) is 3.08. The zero-order valence-corrected chi connectivity index (χ0v) is 13.0. The minimum atomic E-state index is -0.243. The second-order valence-corrected chi connectivity index (χ2v) is 5.44. The van der Waals surface area contributed by atoms with Crippen LogP contribution in [0.15, 0.2) is 27.6 Å². The number of rotatable bonds is 7. The normalized spacial score (nSPS) is 15.7. The van der Waals surface area contributed by atoms with E-state index < -0.39 is 0 Å². The van der Waals surface area contributed by atoms with Crippen molar-refractivity contribution in [1.82, 2.24) is 20.1 Å². The number of morpholine rings is 1. The van der Waals surface area contributed by atoms with Crippen molar-refractivity contribution in [2.24, 2.45) is 0 Å². The SMILES string of the molecule is O=c1[nH]c(NCCCN2CCOCC2)nnc1Cc1ccco1. The maximum absolute atomic E-state index is 12.0. The first kappa shape index (κ1) is 15.7. The lowest BCUT2D eigenvalue weighted by molar-refractivity contribution is 0.0378. The molecule has 2 N–H and O–H groups in total. The Morgan fingerprint density at radius 1 is 1.30 bits per heavy atom. The summed E-state index contributed by atoms with van der Waals surface area (Å²) in [5.74, 6) is 1.09. The van der Waals surface area contributed by atoms with Crippen LogP contribution in [0.3, 0.4) is 0 Å². The number of nitrogens with zero attached hydrogens (tertiary/aromatic N) is 3. The van der Waals surface area contributed by atoms with Crippen LogP contribution < -0.4 is 10.9 Å². The Morgan fingerprint density at radius 2 is 2.17 bits per heavy atom. The average molecular weight is 319 g/mol. The molecule has 3 heterocycles. The number of aromatic amines is 1. The van der Waals surface area contributed by atoms with Crippen molar-refractivity contribution in [3.63, 3.8) is 0 Å². The van der Waals surface area contributed by atoms with Crippen LogP contribution in [-0.4, -0.2) is 59.5 Å². The van der Waals surface area contributed by atoms with Gasteiger partial charge in [0, 0.05) is 19.6 Å². The molecule has 0 atom stereocenters. The Hall–Kier alpha value is -2.19. The standard InChI is InChI=1S/C15H21N5O3/c21-14-13(11-12-3-1-8-23-12)18-19-15(17-14)16-4-2-5-20-6-9-22-10-7-20/h1,3,8H,2,4-7,9-11H2,(H2,16,17,19,21). The predicted molar refractivity (Wildman–Crippen MR) is 84.5 cm³/mol. The number of furan rings is 1. The van der Waals surface area contributed by atoms with Crippen LogP contribution in [0.5, 0.6) is 0 Å². The summed E-state index contributed by atoms with van der Waals surface area (Å²) in [6.45, 7) is 5.33. The monoisotopic (exact) mass is 319 g/mol. The lowest BCUT2D eigenvalue weighted by atomic mass is 10.2. The highest BCUT2D eigenvalue weighted by Gasteiger charge is 2.10. The molecule has 0 bridgehead atoms. The van der Waals surface area contributed by atoms with Gasteiger partial charge in [0.1, 0.15) is 11.5 Å². The summed E-state index contributed by atoms with van der Waals surface area (Å²) >= 11 is 0. The van der Waals surface area contributed by atoms with Gasteiger partial charge in [-0.3, -0.25) is 14.7 Å². The van der Waals surface area contributed by atoms with E-state index in [9.17, 15) is 4.79 Å². The van der Waals surface area contributed by atoms with Gasteiger partial charge in [0.05, 0.1) is 25.9 Å². The van der Waals surface area contributed by atoms with E-state index in [4.69, 9.17) is 9.15 Å². The molecule has 1 saturated heterocycles. The van der Waals surface area contributed by atoms with Gasteiger partial charge in [0.2, 0.25) is 5.95 Å². The van der Waals surface area contributed by atoms with Crippen LogP contribution in [0.1, 0.15) is 17.9 Å². The minimum Gasteiger partial charge on any atom is -0.469 e. The van der Waals surface area contributed by atoms with Crippen molar-refractivity contribution in [2.45, 2.75) is 12.8 Å². The molecule has 2 aromatic heterocycles. The predicted octanol–water partition coefficient (Wildman–Crippen LogP) is 0.483. The first-order valence-electron chi connectivity index (χ1n) is 7.83. The Kier molecular flexibility index (Phi) is 5.38. The van der Waals surface area contributed by atoms with Gasteiger partial charge in [0.15, 0.2) is 0 Å². The summed E-state index contributed by atoms with van der Waals surface area (Å²) in [6.07, 6.45) is 2.88. The Morgan fingerprint density at radius 3 is 2.91 bits per heavy atom. The molecule has 124 valence electrons. The van der Waals surface area contributed by atoms with Crippen molar-refractivity contribution >= 4 is 5.95 Å². The second kappa shape index (κ2) is 7.89. The van der Waals surface area contributed by atoms with Gasteiger partial charge in [-0.25, -0.2) is 0 Å². The molecule has 1 fully saturated rings. The van der Waals surface area contributed by atoms with E-state index in [2.05, 4.69) is 25.4 Å². The van der Waals surface area contributed by atoms with Crippen molar-refractivity contribution in [2.75, 3.05) is 44.7 Å². The maximum atomic E-state index is 12.0. The number of aromatic nitrogens is 3. The zero-order valence-electron chi connectivity index (χ0n) is 13.0. The number of nitrogens with one attached hydrogen (secondary N) is 2. The first-order chi connectivity index (χ1) is 11.3. The van der Waals surface area contributed by atoms with Crippen molar-refractivity contribution < 1.29 is 9.15 Å². The largest absolute Gasteiger partial charge is 0.469 e. The molecule has 0 radical (unpaired) electrons. The topological polar surface area (TPSA) is 96.3 Å². The molecular formula is C15H21N5O3. The first-order valence-corrected chi connectivity index (χ1v) is 7.83. The highest BCUT2D eigenvalue weighted by Crippen LogP contribution is 2.04. The lowest BCUT2D eigenvalue weighted by Gasteiger charge is -2.26. The fraction of sp³-hybridized carbons (Fsp3) is 0.533. The third-order valence-corrected chi connectivity index (χ3v) is 3.73. The number of H-pyrrole nitrogens is 1. The van der Waals surface area contributed by atoms with Crippen molar-refractivity contribution in [3.05, 3.63) is 40.2 Å². The van der Waals surface area contributed by atoms with Gasteiger partial charge in [0.25, 0.3) is 5.56 Å². The fourth-order valence-electron chi connectivity index (χ4n) is 2.47. The number of anilines is 1. The van der Waals surface area contributed by atoms with Crippen LogP contribution in [0.2, 0.25) is 0 Å². The molecule has 3 rings (SSSR count). The molecule has 0 aromatic carbocycles. The van der Waals surface area contributed by atoms with Crippen LogP contribution in [0.25, 0.3) is 0 Å². The van der Waals surface area contributed by atoms with Gasteiger partial charge in [-0.05, 0) is 25.1 Å². The maximum Gasteiger partial charge on any atom is 0.274 e. The summed E-state index contributed by atoms with van der Waals surface area (Å²) in [4.78, 5) is 17.1. The third kappa shape index (κ3) is 4.64. The highest BCUT2D eigenvalue weighted by atomic mass is 16.5. The van der Waals surface area contributed by atoms with Crippen LogP contribution in [0, 0.1) is 0 Å².